The first-order valence-electron chi connectivity index (χ1n) is 8.10. The van der Waals surface area contributed by atoms with Crippen LogP contribution in [0.5, 0.6) is 17.2 Å². The van der Waals surface area contributed by atoms with Crippen LogP contribution >= 0.6 is 0 Å². The fraction of sp³-hybridized carbons (Fsp3) is 0.158. The van der Waals surface area contributed by atoms with Crippen LogP contribution in [-0.4, -0.2) is 27.9 Å². The van der Waals surface area contributed by atoms with E-state index in [4.69, 9.17) is 4.74 Å². The Morgan fingerprint density at radius 3 is 2.28 bits per heavy atom. The first-order valence-corrected chi connectivity index (χ1v) is 8.10. The van der Waals surface area contributed by atoms with Crippen LogP contribution in [0.25, 0.3) is 10.9 Å². The summed E-state index contributed by atoms with van der Waals surface area (Å²) in [6, 6.07) is 6.04. The summed E-state index contributed by atoms with van der Waals surface area (Å²) in [4.78, 5) is 24.4. The van der Waals surface area contributed by atoms with Crippen LogP contribution in [-0.2, 0) is 4.79 Å². The molecule has 1 N–H and O–H groups in total. The maximum absolute atomic E-state index is 13.9. The molecule has 0 unspecified atom stereocenters. The summed E-state index contributed by atoms with van der Waals surface area (Å²) in [5.74, 6) is -3.68. The molecule has 2 aromatic carbocycles. The lowest BCUT2D eigenvalue weighted by atomic mass is 10.2. The van der Waals surface area contributed by atoms with Gasteiger partial charge in [0.05, 0.1) is 11.2 Å². The number of esters is 1. The minimum absolute atomic E-state index is 0.00895. The van der Waals surface area contributed by atoms with Crippen LogP contribution in [0.15, 0.2) is 36.4 Å². The van der Waals surface area contributed by atoms with Crippen molar-refractivity contribution in [3.8, 4) is 17.2 Å². The van der Waals surface area contributed by atoms with E-state index < -0.39 is 35.6 Å². The first kappa shape index (κ1) is 20.2. The number of benzene rings is 2. The van der Waals surface area contributed by atoms with Crippen LogP contribution in [0.4, 0.5) is 17.6 Å². The first-order chi connectivity index (χ1) is 13.5. The number of nitrogens with zero attached hydrogens (tertiary/aromatic N) is 1. The number of aromatic nitrogens is 1. The lowest BCUT2D eigenvalue weighted by Crippen LogP contribution is -2.17. The molecule has 152 valence electrons. The number of carbonyl (C=O) groups is 2. The Balaban J connectivity index is 2.11. The van der Waals surface area contributed by atoms with Gasteiger partial charge in [0.2, 0.25) is 0 Å². The Morgan fingerprint density at radius 2 is 1.72 bits per heavy atom. The number of phenols is 1. The van der Waals surface area contributed by atoms with Crippen LogP contribution < -0.4 is 9.47 Å². The molecular formula is C19H13F4NO5. The van der Waals surface area contributed by atoms with E-state index >= 15 is 0 Å². The Kier molecular flexibility index (Phi) is 4.95. The van der Waals surface area contributed by atoms with Gasteiger partial charge in [0.1, 0.15) is 5.75 Å². The zero-order valence-electron chi connectivity index (χ0n) is 15.0. The van der Waals surface area contributed by atoms with Gasteiger partial charge in [-0.25, -0.2) is 4.39 Å². The second-order valence-electron chi connectivity index (χ2n) is 6.04. The van der Waals surface area contributed by atoms with E-state index in [9.17, 15) is 32.3 Å². The predicted molar refractivity (Wildman–Crippen MR) is 92.5 cm³/mol. The van der Waals surface area contributed by atoms with Crippen molar-refractivity contribution in [3.05, 3.63) is 53.5 Å². The predicted octanol–water partition coefficient (Wildman–Crippen LogP) is 4.31. The van der Waals surface area contributed by atoms with E-state index in [1.165, 1.54) is 6.92 Å². The molecule has 0 aliphatic heterocycles. The van der Waals surface area contributed by atoms with E-state index in [-0.39, 0.29) is 27.9 Å². The molecule has 3 rings (SSSR count). The van der Waals surface area contributed by atoms with E-state index in [1.54, 1.807) is 0 Å². The van der Waals surface area contributed by atoms with Crippen LogP contribution in [0.3, 0.4) is 0 Å². The second-order valence-corrected chi connectivity index (χ2v) is 6.04. The van der Waals surface area contributed by atoms with Crippen LogP contribution in [0.2, 0.25) is 0 Å². The summed E-state index contributed by atoms with van der Waals surface area (Å²) < 4.78 is 60.6. The molecule has 0 bridgehead atoms. The number of hydrogen-bond donors (Lipinski definition) is 1. The Labute approximate surface area is 160 Å². The van der Waals surface area contributed by atoms with Gasteiger partial charge in [-0.3, -0.25) is 14.2 Å². The highest BCUT2D eigenvalue weighted by Crippen LogP contribution is 2.37. The van der Waals surface area contributed by atoms with E-state index in [2.05, 4.69) is 4.74 Å². The van der Waals surface area contributed by atoms with Crippen molar-refractivity contribution in [2.45, 2.75) is 20.2 Å². The van der Waals surface area contributed by atoms with Crippen LogP contribution in [0, 0.1) is 12.7 Å². The molecule has 29 heavy (non-hydrogen) atoms. The third-order valence-corrected chi connectivity index (χ3v) is 4.00. The molecule has 3 aromatic rings. The molecule has 0 aliphatic rings. The third-order valence-electron chi connectivity index (χ3n) is 4.00. The molecule has 0 saturated heterocycles. The number of halogens is 4. The van der Waals surface area contributed by atoms with Gasteiger partial charge in [0.15, 0.2) is 17.3 Å². The number of ether oxygens (including phenoxy) is 2. The molecule has 1 heterocycles. The van der Waals surface area contributed by atoms with E-state index in [0.29, 0.717) is 0 Å². The second kappa shape index (κ2) is 7.12. The summed E-state index contributed by atoms with van der Waals surface area (Å²) in [6.07, 6.45) is -4.88. The maximum Gasteiger partial charge on any atom is 0.573 e. The fourth-order valence-corrected chi connectivity index (χ4v) is 2.86. The number of rotatable bonds is 3. The molecule has 0 fully saturated rings. The molecule has 0 saturated carbocycles. The van der Waals surface area contributed by atoms with Crippen LogP contribution in [0.1, 0.15) is 23.0 Å². The monoisotopic (exact) mass is 411 g/mol. The largest absolute Gasteiger partial charge is 0.573 e. The van der Waals surface area contributed by atoms with Gasteiger partial charge >= 0.3 is 12.3 Å². The molecule has 0 atom stereocenters. The lowest BCUT2D eigenvalue weighted by molar-refractivity contribution is -0.274. The highest BCUT2D eigenvalue weighted by molar-refractivity contribution is 6.05. The summed E-state index contributed by atoms with van der Waals surface area (Å²) >= 11 is 0. The van der Waals surface area contributed by atoms with Crippen molar-refractivity contribution in [2.24, 2.45) is 0 Å². The minimum Gasteiger partial charge on any atom is -0.505 e. The zero-order valence-corrected chi connectivity index (χ0v) is 15.0. The molecule has 0 spiro atoms. The van der Waals surface area contributed by atoms with Gasteiger partial charge in [0.25, 0.3) is 5.91 Å². The van der Waals surface area contributed by atoms with Crippen molar-refractivity contribution in [2.75, 3.05) is 0 Å². The molecule has 0 radical (unpaired) electrons. The maximum atomic E-state index is 13.9. The average Bonchev–Trinajstić information content (AvgIpc) is 2.85. The molecule has 6 nitrogen and oxygen atoms in total. The SMILES string of the molecule is CC(=O)Oc1c(C)n(C(=O)c2ccc(OC(F)(F)F)cc2)c2cc(F)c(O)cc12. The average molecular weight is 411 g/mol. The fourth-order valence-electron chi connectivity index (χ4n) is 2.86. The summed E-state index contributed by atoms with van der Waals surface area (Å²) in [5, 5.41) is 9.75. The molecular weight excluding hydrogens is 398 g/mol. The van der Waals surface area contributed by atoms with Gasteiger partial charge in [-0.1, -0.05) is 0 Å². The highest BCUT2D eigenvalue weighted by Gasteiger charge is 2.31. The summed E-state index contributed by atoms with van der Waals surface area (Å²) in [5.41, 5.74) is 0.123. The normalized spacial score (nSPS) is 11.5. The van der Waals surface area contributed by atoms with E-state index in [0.717, 1.165) is 47.9 Å². The third kappa shape index (κ3) is 4.00. The topological polar surface area (TPSA) is 77.8 Å². The van der Waals surface area contributed by atoms with Gasteiger partial charge in [-0.15, -0.1) is 13.2 Å². The van der Waals surface area contributed by atoms with Gasteiger partial charge in [0, 0.05) is 23.9 Å². The molecule has 0 aliphatic carbocycles. The van der Waals surface area contributed by atoms with Gasteiger partial charge < -0.3 is 14.6 Å². The van der Waals surface area contributed by atoms with Crippen molar-refractivity contribution in [1.82, 2.24) is 4.57 Å². The van der Waals surface area contributed by atoms with Gasteiger partial charge in [-0.2, -0.15) is 0 Å². The molecule has 1 aromatic heterocycles. The molecule has 10 heteroatoms. The lowest BCUT2D eigenvalue weighted by Gasteiger charge is -2.10. The number of fused-ring (bicyclic) bond motifs is 1. The zero-order chi connectivity index (χ0) is 21.5. The Bertz CT molecular complexity index is 1120. The summed E-state index contributed by atoms with van der Waals surface area (Å²) in [6.45, 7) is 2.57. The Morgan fingerprint density at radius 1 is 1.10 bits per heavy atom. The van der Waals surface area contributed by atoms with Gasteiger partial charge in [-0.05, 0) is 37.3 Å². The van der Waals surface area contributed by atoms with Crippen molar-refractivity contribution in [3.63, 3.8) is 0 Å². The highest BCUT2D eigenvalue weighted by atomic mass is 19.4. The van der Waals surface area contributed by atoms with Crippen molar-refractivity contribution < 1.29 is 41.7 Å². The Hall–Kier alpha value is -3.56. The number of aromatic hydroxyl groups is 1. The number of carbonyl (C=O) groups excluding carboxylic acids is 2. The quantitative estimate of drug-likeness (QED) is 0.514. The minimum atomic E-state index is -4.88. The standard InChI is InChI=1S/C19H13F4NO5/c1-9-17(28-10(2)25)13-7-16(26)14(20)8-15(13)24(9)18(27)11-3-5-12(6-4-11)29-19(21,22)23/h3-8,26H,1-2H3. The number of hydrogen-bond acceptors (Lipinski definition) is 5. The van der Waals surface area contributed by atoms with Crippen molar-refractivity contribution in [1.29, 1.82) is 0 Å². The number of alkyl halides is 3. The number of phenolic OH excluding ortho intramolecular Hbond substituents is 1. The van der Waals surface area contributed by atoms with Crippen molar-refractivity contribution >= 4 is 22.8 Å². The molecule has 0 amide bonds. The van der Waals surface area contributed by atoms with E-state index in [1.807, 2.05) is 0 Å². The summed E-state index contributed by atoms with van der Waals surface area (Å²) in [7, 11) is 0. The smallest absolute Gasteiger partial charge is 0.505 e.